The Kier molecular flexibility index (Phi) is 5.92. The van der Waals surface area contributed by atoms with Crippen LogP contribution in [0.25, 0.3) is 10.6 Å². The van der Waals surface area contributed by atoms with Crippen LogP contribution in [0.2, 0.25) is 0 Å². The second kappa shape index (κ2) is 8.49. The molecule has 3 aromatic rings. The van der Waals surface area contributed by atoms with Gasteiger partial charge in [-0.25, -0.2) is 17.8 Å². The number of piperazine rings is 1. The maximum absolute atomic E-state index is 13.1. The highest BCUT2D eigenvalue weighted by atomic mass is 32.2. The number of halogens is 1. The molecule has 1 aromatic heterocycles. The summed E-state index contributed by atoms with van der Waals surface area (Å²) in [6, 6.07) is 11.2. The Hall–Kier alpha value is -2.62. The number of rotatable bonds is 4. The zero-order valence-corrected chi connectivity index (χ0v) is 18.8. The van der Waals surface area contributed by atoms with Gasteiger partial charge in [-0.15, -0.1) is 11.3 Å². The standard InChI is InChI=1S/C22H22FN3O3S2/c1-15-3-8-20(16(2)13-15)31(28,29)26-11-9-25(10-12-26)22(27)19-14-30-21(24-19)17-4-6-18(23)7-5-17/h3-8,13-14H,9-12H2,1-2H3. The SMILES string of the molecule is Cc1ccc(S(=O)(=O)N2CCN(C(=O)c3csc(-c4ccc(F)cc4)n3)CC2)c(C)c1. The van der Waals surface area contributed by atoms with Crippen molar-refractivity contribution < 1.29 is 17.6 Å². The van der Waals surface area contributed by atoms with Crippen LogP contribution in [0.15, 0.2) is 52.7 Å². The molecule has 0 bridgehead atoms. The van der Waals surface area contributed by atoms with E-state index in [0.717, 1.165) is 11.1 Å². The molecule has 0 spiro atoms. The predicted molar refractivity (Wildman–Crippen MR) is 118 cm³/mol. The molecule has 4 rings (SSSR count). The number of hydrogen-bond acceptors (Lipinski definition) is 5. The van der Waals surface area contributed by atoms with Gasteiger partial charge in [0.25, 0.3) is 5.91 Å². The monoisotopic (exact) mass is 459 g/mol. The summed E-state index contributed by atoms with van der Waals surface area (Å²) in [6.07, 6.45) is 0. The lowest BCUT2D eigenvalue weighted by Crippen LogP contribution is -2.50. The lowest BCUT2D eigenvalue weighted by Gasteiger charge is -2.34. The molecule has 0 N–H and O–H groups in total. The van der Waals surface area contributed by atoms with E-state index in [1.165, 1.54) is 27.8 Å². The third kappa shape index (κ3) is 4.39. The molecule has 1 aliphatic rings. The van der Waals surface area contributed by atoms with Crippen LogP contribution < -0.4 is 0 Å². The van der Waals surface area contributed by atoms with E-state index in [1.54, 1.807) is 41.5 Å². The number of nitrogens with zero attached hydrogens (tertiary/aromatic N) is 3. The number of benzene rings is 2. The van der Waals surface area contributed by atoms with Crippen LogP contribution >= 0.6 is 11.3 Å². The first-order valence-corrected chi connectivity index (χ1v) is 12.2. The second-order valence-corrected chi connectivity index (χ2v) is 10.3. The molecule has 1 aliphatic heterocycles. The molecule has 0 aliphatic carbocycles. The van der Waals surface area contributed by atoms with Crippen molar-refractivity contribution in [1.29, 1.82) is 0 Å². The average Bonchev–Trinajstić information content (AvgIpc) is 3.24. The van der Waals surface area contributed by atoms with Crippen LogP contribution in [0.3, 0.4) is 0 Å². The summed E-state index contributed by atoms with van der Waals surface area (Å²) in [5, 5.41) is 2.32. The van der Waals surface area contributed by atoms with Crippen LogP contribution in [0.5, 0.6) is 0 Å². The minimum absolute atomic E-state index is 0.229. The molecule has 2 heterocycles. The first kappa shape index (κ1) is 21.6. The number of thiazole rings is 1. The summed E-state index contributed by atoms with van der Waals surface area (Å²) in [5.41, 5.74) is 2.79. The molecule has 1 saturated heterocycles. The van der Waals surface area contributed by atoms with Crippen molar-refractivity contribution in [3.8, 4) is 10.6 Å². The van der Waals surface area contributed by atoms with Crippen molar-refractivity contribution in [3.63, 3.8) is 0 Å². The van der Waals surface area contributed by atoms with Crippen molar-refractivity contribution in [2.24, 2.45) is 0 Å². The summed E-state index contributed by atoms with van der Waals surface area (Å²) in [6.45, 7) is 4.78. The fraction of sp³-hybridized carbons (Fsp3) is 0.273. The summed E-state index contributed by atoms with van der Waals surface area (Å²) >= 11 is 1.32. The summed E-state index contributed by atoms with van der Waals surface area (Å²) in [7, 11) is -3.61. The van der Waals surface area contributed by atoms with E-state index < -0.39 is 10.0 Å². The molecule has 31 heavy (non-hydrogen) atoms. The first-order valence-electron chi connectivity index (χ1n) is 9.84. The summed E-state index contributed by atoms with van der Waals surface area (Å²) in [4.78, 5) is 19.2. The molecule has 0 atom stereocenters. The van der Waals surface area contributed by atoms with Gasteiger partial charge in [-0.05, 0) is 49.7 Å². The first-order chi connectivity index (χ1) is 14.8. The maximum atomic E-state index is 13.1. The molecule has 162 valence electrons. The zero-order chi connectivity index (χ0) is 22.2. The van der Waals surface area contributed by atoms with Gasteiger partial charge in [0.05, 0.1) is 4.90 Å². The van der Waals surface area contributed by atoms with Gasteiger partial charge in [-0.1, -0.05) is 17.7 Å². The Balaban J connectivity index is 1.44. The Morgan fingerprint density at radius 1 is 1.03 bits per heavy atom. The Morgan fingerprint density at radius 2 is 1.71 bits per heavy atom. The van der Waals surface area contributed by atoms with Crippen molar-refractivity contribution in [3.05, 3.63) is 70.5 Å². The number of aromatic nitrogens is 1. The minimum Gasteiger partial charge on any atom is -0.335 e. The predicted octanol–water partition coefficient (Wildman–Crippen LogP) is 3.71. The van der Waals surface area contributed by atoms with Crippen molar-refractivity contribution in [1.82, 2.24) is 14.2 Å². The van der Waals surface area contributed by atoms with Crippen LogP contribution in [-0.2, 0) is 10.0 Å². The third-order valence-corrected chi connectivity index (χ3v) is 8.24. The number of sulfonamides is 1. The van der Waals surface area contributed by atoms with E-state index in [0.29, 0.717) is 34.2 Å². The normalized spacial score (nSPS) is 15.3. The molecule has 2 aromatic carbocycles. The second-order valence-electron chi connectivity index (χ2n) is 7.51. The molecule has 1 fully saturated rings. The number of hydrogen-bond donors (Lipinski definition) is 0. The average molecular weight is 460 g/mol. The van der Waals surface area contributed by atoms with Crippen LogP contribution in [0.1, 0.15) is 21.6 Å². The minimum atomic E-state index is -3.61. The fourth-order valence-electron chi connectivity index (χ4n) is 3.62. The lowest BCUT2D eigenvalue weighted by atomic mass is 10.2. The summed E-state index contributed by atoms with van der Waals surface area (Å²) in [5.74, 6) is -0.557. The Labute approximate surface area is 185 Å². The zero-order valence-electron chi connectivity index (χ0n) is 17.2. The van der Waals surface area contributed by atoms with Gasteiger partial charge in [0.2, 0.25) is 10.0 Å². The number of amides is 1. The number of carbonyl (C=O) groups is 1. The lowest BCUT2D eigenvalue weighted by molar-refractivity contribution is 0.0693. The van der Waals surface area contributed by atoms with Crippen molar-refractivity contribution in [2.45, 2.75) is 18.7 Å². The largest absolute Gasteiger partial charge is 0.335 e. The highest BCUT2D eigenvalue weighted by Crippen LogP contribution is 2.26. The molecular weight excluding hydrogens is 437 g/mol. The van der Waals surface area contributed by atoms with E-state index in [1.807, 2.05) is 13.0 Å². The van der Waals surface area contributed by atoms with Gasteiger partial charge in [-0.2, -0.15) is 4.31 Å². The van der Waals surface area contributed by atoms with E-state index in [9.17, 15) is 17.6 Å². The van der Waals surface area contributed by atoms with E-state index in [2.05, 4.69) is 4.98 Å². The van der Waals surface area contributed by atoms with Gasteiger partial charge in [0, 0.05) is 37.1 Å². The van der Waals surface area contributed by atoms with E-state index >= 15 is 0 Å². The van der Waals surface area contributed by atoms with Gasteiger partial charge >= 0.3 is 0 Å². The Morgan fingerprint density at radius 3 is 2.35 bits per heavy atom. The number of carbonyl (C=O) groups excluding carboxylic acids is 1. The van der Waals surface area contributed by atoms with Crippen molar-refractivity contribution in [2.75, 3.05) is 26.2 Å². The van der Waals surface area contributed by atoms with E-state index in [4.69, 9.17) is 0 Å². The third-order valence-electron chi connectivity index (χ3n) is 5.29. The van der Waals surface area contributed by atoms with Gasteiger partial charge in [-0.3, -0.25) is 4.79 Å². The highest BCUT2D eigenvalue weighted by Gasteiger charge is 2.31. The van der Waals surface area contributed by atoms with Crippen LogP contribution in [-0.4, -0.2) is 54.7 Å². The van der Waals surface area contributed by atoms with Gasteiger partial charge in [0.15, 0.2) is 0 Å². The molecule has 0 unspecified atom stereocenters. The van der Waals surface area contributed by atoms with Crippen LogP contribution in [0, 0.1) is 19.7 Å². The Bertz CT molecular complexity index is 1220. The fourth-order valence-corrected chi connectivity index (χ4v) is 6.05. The molecule has 0 radical (unpaired) electrons. The smallest absolute Gasteiger partial charge is 0.273 e. The van der Waals surface area contributed by atoms with Gasteiger partial charge < -0.3 is 4.90 Å². The summed E-state index contributed by atoms with van der Waals surface area (Å²) < 4.78 is 40.6. The molecule has 9 heteroatoms. The van der Waals surface area contributed by atoms with Crippen molar-refractivity contribution >= 4 is 27.3 Å². The number of aryl methyl sites for hydroxylation is 2. The molecule has 6 nitrogen and oxygen atoms in total. The molecule has 1 amide bonds. The molecule has 0 saturated carbocycles. The molecular formula is C22H22FN3O3S2. The van der Waals surface area contributed by atoms with Gasteiger partial charge in [0.1, 0.15) is 16.5 Å². The highest BCUT2D eigenvalue weighted by molar-refractivity contribution is 7.89. The topological polar surface area (TPSA) is 70.6 Å². The quantitative estimate of drug-likeness (QED) is 0.596. The van der Waals surface area contributed by atoms with E-state index in [-0.39, 0.29) is 24.8 Å². The van der Waals surface area contributed by atoms with Crippen LogP contribution in [0.4, 0.5) is 4.39 Å². The maximum Gasteiger partial charge on any atom is 0.273 e.